The number of para-hydroxylation sites is 2. The van der Waals surface area contributed by atoms with Crippen molar-refractivity contribution in [2.24, 2.45) is 5.41 Å². The van der Waals surface area contributed by atoms with Gasteiger partial charge in [0, 0.05) is 22.6 Å². The molecule has 0 spiro atoms. The fourth-order valence-electron chi connectivity index (χ4n) is 5.04. The largest absolute Gasteiger partial charge is 0.459 e. The maximum absolute atomic E-state index is 14.2. The molecule has 3 aromatic rings. The van der Waals surface area contributed by atoms with Crippen LogP contribution in [0.1, 0.15) is 60.2 Å². The number of ketones is 1. The Kier molecular flexibility index (Phi) is 4.70. The number of Topliss-reactive ketones (excluding diaryl/α,β-unsaturated/α-hetero) is 1. The summed E-state index contributed by atoms with van der Waals surface area (Å²) in [5.41, 5.74) is 1.16. The van der Waals surface area contributed by atoms with E-state index in [1.165, 1.54) is 0 Å². The molecule has 0 bridgehead atoms. The molecule has 0 radical (unpaired) electrons. The van der Waals surface area contributed by atoms with Gasteiger partial charge in [0.05, 0.1) is 0 Å². The zero-order valence-electron chi connectivity index (χ0n) is 18.6. The minimum Gasteiger partial charge on any atom is -0.459 e. The van der Waals surface area contributed by atoms with Gasteiger partial charge in [0.2, 0.25) is 0 Å². The molecule has 1 aliphatic heterocycles. The van der Waals surface area contributed by atoms with Gasteiger partial charge >= 0.3 is 5.97 Å². The van der Waals surface area contributed by atoms with E-state index in [2.05, 4.69) is 0 Å². The molecule has 162 valence electrons. The molecule has 0 fully saturated rings. The summed E-state index contributed by atoms with van der Waals surface area (Å²) in [5.74, 6) is 0.196. The lowest BCUT2D eigenvalue weighted by molar-refractivity contribution is -0.165. The number of hydrogen-bond acceptors (Lipinski definition) is 4. The SMILES string of the molecule is CC(C)(C)OC(=O)[C@@]1(C2c3ccccc3Oc3ccccc32)CCc2ccccc2C1=O. The van der Waals surface area contributed by atoms with E-state index in [1.807, 2.05) is 93.6 Å². The zero-order valence-corrected chi connectivity index (χ0v) is 18.6. The van der Waals surface area contributed by atoms with Gasteiger partial charge in [-0.3, -0.25) is 9.59 Å². The Morgan fingerprint density at radius 3 is 2.09 bits per heavy atom. The van der Waals surface area contributed by atoms with Crippen LogP contribution < -0.4 is 4.74 Å². The number of rotatable bonds is 2. The van der Waals surface area contributed by atoms with E-state index in [9.17, 15) is 9.59 Å². The maximum Gasteiger partial charge on any atom is 0.321 e. The Bertz CT molecular complexity index is 1170. The second-order valence-electron chi connectivity index (χ2n) is 9.57. The highest BCUT2D eigenvalue weighted by Crippen LogP contribution is 2.56. The van der Waals surface area contributed by atoms with Crippen LogP contribution in [0.15, 0.2) is 72.8 Å². The highest BCUT2D eigenvalue weighted by atomic mass is 16.6. The third-order valence-electron chi connectivity index (χ3n) is 6.39. The molecule has 2 aliphatic rings. The van der Waals surface area contributed by atoms with Crippen molar-refractivity contribution in [1.29, 1.82) is 0 Å². The summed E-state index contributed by atoms with van der Waals surface area (Å²) in [6, 6.07) is 22.9. The van der Waals surface area contributed by atoms with Crippen molar-refractivity contribution in [3.8, 4) is 11.5 Å². The molecule has 0 N–H and O–H groups in total. The molecule has 1 atom stereocenters. The summed E-state index contributed by atoms with van der Waals surface area (Å²) in [6.07, 6.45) is 1.01. The maximum atomic E-state index is 14.2. The lowest BCUT2D eigenvalue weighted by Gasteiger charge is -2.44. The van der Waals surface area contributed by atoms with Crippen LogP contribution in [-0.4, -0.2) is 17.4 Å². The number of esters is 1. The number of hydrogen-bond donors (Lipinski definition) is 0. The average Bonchev–Trinajstić information content (AvgIpc) is 2.77. The van der Waals surface area contributed by atoms with Crippen LogP contribution in [0.4, 0.5) is 0 Å². The van der Waals surface area contributed by atoms with Crippen molar-refractivity contribution in [2.75, 3.05) is 0 Å². The van der Waals surface area contributed by atoms with E-state index in [0.29, 0.717) is 29.9 Å². The molecule has 32 heavy (non-hydrogen) atoms. The first-order valence-corrected chi connectivity index (χ1v) is 11.0. The number of fused-ring (bicyclic) bond motifs is 3. The Morgan fingerprint density at radius 1 is 0.906 bits per heavy atom. The standard InChI is InChI=1S/C28H26O4/c1-27(2,3)32-26(30)28(17-16-18-10-4-5-11-19(18)25(28)29)24-20-12-6-8-14-22(20)31-23-15-9-7-13-21(23)24/h4-15,24H,16-17H2,1-3H3/t28-/m1/s1. The molecule has 1 heterocycles. The number of ether oxygens (including phenoxy) is 2. The van der Waals surface area contributed by atoms with Crippen molar-refractivity contribution in [3.63, 3.8) is 0 Å². The fraction of sp³-hybridized carbons (Fsp3) is 0.286. The lowest BCUT2D eigenvalue weighted by Crippen LogP contribution is -2.51. The van der Waals surface area contributed by atoms with Crippen LogP contribution >= 0.6 is 0 Å². The van der Waals surface area contributed by atoms with E-state index >= 15 is 0 Å². The number of benzene rings is 3. The third-order valence-corrected chi connectivity index (χ3v) is 6.39. The molecule has 5 rings (SSSR count). The smallest absolute Gasteiger partial charge is 0.321 e. The van der Waals surface area contributed by atoms with Crippen LogP contribution in [0.25, 0.3) is 0 Å². The Hall–Kier alpha value is -3.40. The minimum absolute atomic E-state index is 0.176. The highest BCUT2D eigenvalue weighted by Gasteiger charge is 2.58. The van der Waals surface area contributed by atoms with Gasteiger partial charge in [-0.25, -0.2) is 0 Å². The second-order valence-corrected chi connectivity index (χ2v) is 9.57. The molecule has 4 heteroatoms. The zero-order chi connectivity index (χ0) is 22.5. The Morgan fingerprint density at radius 2 is 1.47 bits per heavy atom. The summed E-state index contributed by atoms with van der Waals surface area (Å²) >= 11 is 0. The van der Waals surface area contributed by atoms with E-state index in [1.54, 1.807) is 0 Å². The molecule has 1 aliphatic carbocycles. The first kappa shape index (κ1) is 20.5. The van der Waals surface area contributed by atoms with Gasteiger partial charge < -0.3 is 9.47 Å². The third kappa shape index (κ3) is 3.13. The van der Waals surface area contributed by atoms with Crippen LogP contribution in [0.2, 0.25) is 0 Å². The van der Waals surface area contributed by atoms with Gasteiger partial charge in [0.25, 0.3) is 0 Å². The summed E-state index contributed by atoms with van der Waals surface area (Å²) in [6.45, 7) is 5.52. The monoisotopic (exact) mass is 426 g/mol. The number of aryl methyl sites for hydroxylation is 1. The van der Waals surface area contributed by atoms with E-state index in [0.717, 1.165) is 16.7 Å². The molecule has 0 saturated heterocycles. The number of carbonyl (C=O) groups is 2. The average molecular weight is 427 g/mol. The van der Waals surface area contributed by atoms with Crippen LogP contribution in [0.3, 0.4) is 0 Å². The lowest BCUT2D eigenvalue weighted by atomic mass is 9.59. The number of carbonyl (C=O) groups excluding carboxylic acids is 2. The molecule has 3 aromatic carbocycles. The van der Waals surface area contributed by atoms with Crippen molar-refractivity contribution < 1.29 is 19.1 Å². The van der Waals surface area contributed by atoms with E-state index < -0.39 is 22.9 Å². The fourth-order valence-corrected chi connectivity index (χ4v) is 5.04. The van der Waals surface area contributed by atoms with Gasteiger partial charge in [-0.15, -0.1) is 0 Å². The molecule has 4 nitrogen and oxygen atoms in total. The first-order valence-electron chi connectivity index (χ1n) is 11.0. The predicted octanol–water partition coefficient (Wildman–Crippen LogP) is 6.08. The van der Waals surface area contributed by atoms with Gasteiger partial charge in [-0.1, -0.05) is 60.7 Å². The molecular formula is C28H26O4. The van der Waals surface area contributed by atoms with E-state index in [-0.39, 0.29) is 5.78 Å². The Labute approximate surface area is 188 Å². The minimum atomic E-state index is -1.38. The van der Waals surface area contributed by atoms with Crippen molar-refractivity contribution in [2.45, 2.75) is 45.1 Å². The first-order chi connectivity index (χ1) is 15.3. The molecular weight excluding hydrogens is 400 g/mol. The summed E-state index contributed by atoms with van der Waals surface area (Å²) in [7, 11) is 0. The summed E-state index contributed by atoms with van der Waals surface area (Å²) in [5, 5.41) is 0. The Balaban J connectivity index is 1.78. The molecule has 0 amide bonds. The quantitative estimate of drug-likeness (QED) is 0.368. The van der Waals surface area contributed by atoms with Crippen LogP contribution in [0.5, 0.6) is 11.5 Å². The van der Waals surface area contributed by atoms with Crippen molar-refractivity contribution >= 4 is 11.8 Å². The van der Waals surface area contributed by atoms with Crippen LogP contribution in [-0.2, 0) is 16.0 Å². The summed E-state index contributed by atoms with van der Waals surface area (Å²) < 4.78 is 12.1. The highest BCUT2D eigenvalue weighted by molar-refractivity contribution is 6.15. The summed E-state index contributed by atoms with van der Waals surface area (Å²) in [4.78, 5) is 28.2. The normalized spacial score (nSPS) is 19.9. The van der Waals surface area contributed by atoms with Gasteiger partial charge in [-0.05, 0) is 51.3 Å². The molecule has 0 aromatic heterocycles. The van der Waals surface area contributed by atoms with Gasteiger partial charge in [0.15, 0.2) is 5.78 Å². The molecule has 0 saturated carbocycles. The van der Waals surface area contributed by atoms with Crippen molar-refractivity contribution in [3.05, 3.63) is 95.1 Å². The predicted molar refractivity (Wildman–Crippen MR) is 122 cm³/mol. The van der Waals surface area contributed by atoms with Gasteiger partial charge in [0.1, 0.15) is 22.5 Å². The van der Waals surface area contributed by atoms with Crippen molar-refractivity contribution in [1.82, 2.24) is 0 Å². The molecule has 0 unspecified atom stereocenters. The van der Waals surface area contributed by atoms with Gasteiger partial charge in [-0.2, -0.15) is 0 Å². The van der Waals surface area contributed by atoms with Crippen LogP contribution in [0, 0.1) is 5.41 Å². The second kappa shape index (κ2) is 7.33. The van der Waals surface area contributed by atoms with E-state index in [4.69, 9.17) is 9.47 Å². The topological polar surface area (TPSA) is 52.6 Å².